The lowest BCUT2D eigenvalue weighted by atomic mass is 10.00. The summed E-state index contributed by atoms with van der Waals surface area (Å²) >= 11 is 6.03. The molecule has 0 aromatic heterocycles. The van der Waals surface area contributed by atoms with E-state index in [4.69, 9.17) is 11.6 Å². The molecule has 1 atom stereocenters. The topological polar surface area (TPSA) is 32.3 Å². The van der Waals surface area contributed by atoms with E-state index < -0.39 is 0 Å². The number of carbonyl (C=O) groups excluding carboxylic acids is 1. The van der Waals surface area contributed by atoms with Crippen molar-refractivity contribution in [2.45, 2.75) is 26.3 Å². The van der Waals surface area contributed by atoms with Crippen LogP contribution in [0.3, 0.4) is 0 Å². The van der Waals surface area contributed by atoms with Gasteiger partial charge < -0.3 is 10.2 Å². The van der Waals surface area contributed by atoms with Crippen molar-refractivity contribution in [2.24, 2.45) is 0 Å². The third-order valence-electron chi connectivity index (χ3n) is 3.48. The minimum absolute atomic E-state index is 0.157. The fourth-order valence-electron chi connectivity index (χ4n) is 2.37. The van der Waals surface area contributed by atoms with Crippen LogP contribution < -0.4 is 5.32 Å². The van der Waals surface area contributed by atoms with Crippen molar-refractivity contribution in [3.05, 3.63) is 34.3 Å². The molecule has 1 aliphatic heterocycles. The molecule has 1 aliphatic rings. The van der Waals surface area contributed by atoms with Crippen LogP contribution >= 0.6 is 11.6 Å². The maximum absolute atomic E-state index is 11.4. The molecule has 0 aliphatic carbocycles. The van der Waals surface area contributed by atoms with Crippen molar-refractivity contribution in [3.63, 3.8) is 0 Å². The Morgan fingerprint density at radius 1 is 1.56 bits per heavy atom. The number of halogens is 1. The van der Waals surface area contributed by atoms with Gasteiger partial charge in [-0.25, -0.2) is 0 Å². The second-order valence-electron chi connectivity index (χ2n) is 4.89. The van der Waals surface area contributed by atoms with E-state index >= 15 is 0 Å². The molecule has 1 saturated heterocycles. The summed E-state index contributed by atoms with van der Waals surface area (Å²) in [6.07, 6.45) is 0.913. The van der Waals surface area contributed by atoms with Crippen molar-refractivity contribution < 1.29 is 4.79 Å². The highest BCUT2D eigenvalue weighted by Gasteiger charge is 2.21. The summed E-state index contributed by atoms with van der Waals surface area (Å²) in [4.78, 5) is 13.3. The molecule has 0 saturated carbocycles. The number of hydrogen-bond donors (Lipinski definition) is 1. The minimum Gasteiger partial charge on any atom is -0.340 e. The molecule has 98 valence electrons. The Morgan fingerprint density at radius 3 is 3.06 bits per heavy atom. The summed E-state index contributed by atoms with van der Waals surface area (Å²) in [6.45, 7) is 6.18. The van der Waals surface area contributed by atoms with Crippen LogP contribution in [0.15, 0.2) is 18.2 Å². The number of rotatable bonds is 2. The second kappa shape index (κ2) is 5.72. The predicted octanol–water partition coefficient (Wildman–Crippen LogP) is 2.01. The van der Waals surface area contributed by atoms with Crippen LogP contribution in [0.25, 0.3) is 0 Å². The molecule has 2 rings (SSSR count). The average molecular weight is 267 g/mol. The van der Waals surface area contributed by atoms with Gasteiger partial charge in [0, 0.05) is 37.6 Å². The first-order chi connectivity index (χ1) is 8.56. The van der Waals surface area contributed by atoms with Crippen molar-refractivity contribution >= 4 is 17.5 Å². The molecule has 0 spiro atoms. The van der Waals surface area contributed by atoms with Gasteiger partial charge in [-0.1, -0.05) is 17.7 Å². The smallest absolute Gasteiger partial charge is 0.219 e. The average Bonchev–Trinajstić information content (AvgIpc) is 2.34. The summed E-state index contributed by atoms with van der Waals surface area (Å²) in [5.41, 5.74) is 2.51. The fourth-order valence-corrected chi connectivity index (χ4v) is 2.57. The largest absolute Gasteiger partial charge is 0.340 e. The van der Waals surface area contributed by atoms with E-state index in [9.17, 15) is 4.79 Å². The van der Waals surface area contributed by atoms with Gasteiger partial charge in [-0.3, -0.25) is 4.79 Å². The zero-order valence-corrected chi connectivity index (χ0v) is 11.6. The standard InChI is InChI=1S/C14H19ClN2O/c1-10-3-4-13(15)7-12(10)8-14-9-17(11(2)18)6-5-16-14/h3-4,7,14,16H,5-6,8-9H2,1-2H3. The summed E-state index contributed by atoms with van der Waals surface area (Å²) in [5.74, 6) is 0.157. The van der Waals surface area contributed by atoms with E-state index in [-0.39, 0.29) is 5.91 Å². The molecule has 1 heterocycles. The molecule has 1 fully saturated rings. The molecule has 3 nitrogen and oxygen atoms in total. The zero-order chi connectivity index (χ0) is 13.1. The summed E-state index contributed by atoms with van der Waals surface area (Å²) in [7, 11) is 0. The molecule has 1 aromatic carbocycles. The van der Waals surface area contributed by atoms with Crippen LogP contribution in [-0.4, -0.2) is 36.5 Å². The number of nitrogens with zero attached hydrogens (tertiary/aromatic N) is 1. The number of amides is 1. The highest BCUT2D eigenvalue weighted by molar-refractivity contribution is 6.30. The van der Waals surface area contributed by atoms with Gasteiger partial charge in [0.25, 0.3) is 0 Å². The maximum atomic E-state index is 11.4. The molecule has 0 bridgehead atoms. The Bertz CT molecular complexity index is 447. The lowest BCUT2D eigenvalue weighted by molar-refractivity contribution is -0.130. The Balaban J connectivity index is 2.04. The van der Waals surface area contributed by atoms with Gasteiger partial charge >= 0.3 is 0 Å². The van der Waals surface area contributed by atoms with Crippen LogP contribution in [0.5, 0.6) is 0 Å². The maximum Gasteiger partial charge on any atom is 0.219 e. The molecule has 1 N–H and O–H groups in total. The predicted molar refractivity (Wildman–Crippen MR) is 73.9 cm³/mol. The van der Waals surface area contributed by atoms with E-state index in [1.54, 1.807) is 6.92 Å². The van der Waals surface area contributed by atoms with Gasteiger partial charge in [0.15, 0.2) is 0 Å². The molecule has 18 heavy (non-hydrogen) atoms. The second-order valence-corrected chi connectivity index (χ2v) is 5.33. The van der Waals surface area contributed by atoms with Gasteiger partial charge in [-0.15, -0.1) is 0 Å². The number of piperazine rings is 1. The highest BCUT2D eigenvalue weighted by atomic mass is 35.5. The summed E-state index contributed by atoms with van der Waals surface area (Å²) in [5, 5.41) is 4.24. The number of carbonyl (C=O) groups is 1. The Labute approximate surface area is 113 Å². The monoisotopic (exact) mass is 266 g/mol. The molecule has 4 heteroatoms. The van der Waals surface area contributed by atoms with Crippen molar-refractivity contribution in [1.82, 2.24) is 10.2 Å². The summed E-state index contributed by atoms with van der Waals surface area (Å²) in [6, 6.07) is 6.30. The van der Waals surface area contributed by atoms with Crippen molar-refractivity contribution in [1.29, 1.82) is 0 Å². The Kier molecular flexibility index (Phi) is 4.25. The van der Waals surface area contributed by atoms with Crippen molar-refractivity contribution in [2.75, 3.05) is 19.6 Å². The quantitative estimate of drug-likeness (QED) is 0.888. The van der Waals surface area contributed by atoms with Crippen LogP contribution in [0.2, 0.25) is 5.02 Å². The molecule has 0 radical (unpaired) electrons. The Morgan fingerprint density at radius 2 is 2.33 bits per heavy atom. The van der Waals surface area contributed by atoms with Gasteiger partial charge in [-0.2, -0.15) is 0 Å². The molecular formula is C14H19ClN2O. The van der Waals surface area contributed by atoms with E-state index in [1.807, 2.05) is 23.1 Å². The first-order valence-corrected chi connectivity index (χ1v) is 6.68. The van der Waals surface area contributed by atoms with Gasteiger partial charge in [-0.05, 0) is 36.6 Å². The lowest BCUT2D eigenvalue weighted by Crippen LogP contribution is -2.52. The van der Waals surface area contributed by atoms with E-state index in [0.29, 0.717) is 6.04 Å². The van der Waals surface area contributed by atoms with Gasteiger partial charge in [0.1, 0.15) is 0 Å². The minimum atomic E-state index is 0.157. The third kappa shape index (κ3) is 3.24. The number of nitrogens with one attached hydrogen (secondary N) is 1. The number of benzene rings is 1. The molecule has 1 unspecified atom stereocenters. The van der Waals surface area contributed by atoms with Gasteiger partial charge in [0.05, 0.1) is 0 Å². The third-order valence-corrected chi connectivity index (χ3v) is 3.71. The molecule has 1 aromatic rings. The van der Waals surface area contributed by atoms with E-state index in [1.165, 1.54) is 11.1 Å². The normalized spacial score (nSPS) is 19.9. The van der Waals surface area contributed by atoms with Gasteiger partial charge in [0.2, 0.25) is 5.91 Å². The Hall–Kier alpha value is -1.06. The van der Waals surface area contributed by atoms with Crippen LogP contribution in [0.1, 0.15) is 18.1 Å². The van der Waals surface area contributed by atoms with Crippen LogP contribution in [0.4, 0.5) is 0 Å². The summed E-state index contributed by atoms with van der Waals surface area (Å²) < 4.78 is 0. The zero-order valence-electron chi connectivity index (χ0n) is 10.9. The van der Waals surface area contributed by atoms with E-state index in [0.717, 1.165) is 31.1 Å². The lowest BCUT2D eigenvalue weighted by Gasteiger charge is -2.33. The SMILES string of the molecule is CC(=O)N1CCNC(Cc2cc(Cl)ccc2C)C1. The fraction of sp³-hybridized carbons (Fsp3) is 0.500. The first kappa shape index (κ1) is 13.4. The van der Waals surface area contributed by atoms with Crippen molar-refractivity contribution in [3.8, 4) is 0 Å². The molecule has 1 amide bonds. The number of aryl methyl sites for hydroxylation is 1. The number of hydrogen-bond acceptors (Lipinski definition) is 2. The van der Waals surface area contributed by atoms with Crippen LogP contribution in [-0.2, 0) is 11.2 Å². The highest BCUT2D eigenvalue weighted by Crippen LogP contribution is 2.18. The first-order valence-electron chi connectivity index (χ1n) is 6.30. The van der Waals surface area contributed by atoms with E-state index in [2.05, 4.69) is 12.2 Å². The molecular weight excluding hydrogens is 248 g/mol. The van der Waals surface area contributed by atoms with Crippen LogP contribution in [0, 0.1) is 6.92 Å².